The molecule has 1 fully saturated rings. The van der Waals surface area contributed by atoms with Crippen LogP contribution >= 0.6 is 12.2 Å². The Morgan fingerprint density at radius 1 is 1.47 bits per heavy atom. The molecule has 4 nitrogen and oxygen atoms in total. The fraction of sp³-hybridized carbons (Fsp3) is 0.429. The molecule has 19 heavy (non-hydrogen) atoms. The second kappa shape index (κ2) is 6.02. The number of likely N-dealkylation sites (tertiary alicyclic amines) is 1. The normalized spacial score (nSPS) is 19.0. The number of para-hydroxylation sites is 1. The van der Waals surface area contributed by atoms with Crippen molar-refractivity contribution in [2.45, 2.75) is 19.8 Å². The Morgan fingerprint density at radius 3 is 2.89 bits per heavy atom. The number of nitrogens with zero attached hydrogens (tertiary/aromatic N) is 1. The van der Waals surface area contributed by atoms with Gasteiger partial charge < -0.3 is 16.0 Å². The van der Waals surface area contributed by atoms with E-state index in [0.29, 0.717) is 11.7 Å². The molecule has 1 aromatic carbocycles. The van der Waals surface area contributed by atoms with Crippen LogP contribution in [0.1, 0.15) is 18.4 Å². The third-order valence-corrected chi connectivity index (χ3v) is 3.86. The minimum atomic E-state index is -0.233. The van der Waals surface area contributed by atoms with Crippen LogP contribution in [0, 0.1) is 12.8 Å². The van der Waals surface area contributed by atoms with Crippen molar-refractivity contribution >= 4 is 28.9 Å². The molecule has 2 rings (SSSR count). The predicted molar refractivity (Wildman–Crippen MR) is 80.9 cm³/mol. The molecular formula is C14H19N3OS. The number of benzene rings is 1. The average molecular weight is 277 g/mol. The number of anilines is 1. The number of thiocarbonyl (C=S) groups is 1. The molecule has 1 aliphatic rings. The molecule has 1 amide bonds. The van der Waals surface area contributed by atoms with Gasteiger partial charge in [-0.05, 0) is 43.6 Å². The molecule has 1 aromatic rings. The van der Waals surface area contributed by atoms with Gasteiger partial charge in [-0.15, -0.1) is 0 Å². The Bertz CT molecular complexity index is 489. The first kappa shape index (κ1) is 13.8. The van der Waals surface area contributed by atoms with E-state index in [4.69, 9.17) is 18.0 Å². The summed E-state index contributed by atoms with van der Waals surface area (Å²) in [5.41, 5.74) is 7.53. The maximum Gasteiger partial charge on any atom is 0.222 e. The van der Waals surface area contributed by atoms with Gasteiger partial charge in [0.1, 0.15) is 0 Å². The zero-order valence-electron chi connectivity index (χ0n) is 11.1. The van der Waals surface area contributed by atoms with Gasteiger partial charge in [-0.25, -0.2) is 0 Å². The van der Waals surface area contributed by atoms with Crippen molar-refractivity contribution in [1.82, 2.24) is 4.90 Å². The molecule has 1 aliphatic heterocycles. The zero-order valence-corrected chi connectivity index (χ0v) is 11.9. The Hall–Kier alpha value is -1.62. The number of rotatable bonds is 2. The maximum atomic E-state index is 11.3. The number of carbonyl (C=O) groups is 1. The second-order valence-corrected chi connectivity index (χ2v) is 5.32. The summed E-state index contributed by atoms with van der Waals surface area (Å²) in [5.74, 6) is -0.325. The molecule has 5 heteroatoms. The molecule has 1 saturated heterocycles. The van der Waals surface area contributed by atoms with Crippen molar-refractivity contribution < 1.29 is 4.79 Å². The standard InChI is InChI=1S/C14H19N3OS/c1-10-5-2-3-7-12(10)16-14(19)17-8-4-6-11(9-17)13(15)18/h2-3,5,7,11H,4,6,8-9H2,1H3,(H2,15,18)(H,16,19)/t11-/m0/s1. The summed E-state index contributed by atoms with van der Waals surface area (Å²) in [6.45, 7) is 3.53. The van der Waals surface area contributed by atoms with Crippen LogP contribution in [0.3, 0.4) is 0 Å². The van der Waals surface area contributed by atoms with Gasteiger partial charge in [-0.1, -0.05) is 18.2 Å². The summed E-state index contributed by atoms with van der Waals surface area (Å²) in [4.78, 5) is 13.3. The van der Waals surface area contributed by atoms with E-state index in [9.17, 15) is 4.79 Å². The highest BCUT2D eigenvalue weighted by atomic mass is 32.1. The molecular weight excluding hydrogens is 258 g/mol. The fourth-order valence-electron chi connectivity index (χ4n) is 2.30. The first-order valence-electron chi connectivity index (χ1n) is 6.49. The number of hydrogen-bond acceptors (Lipinski definition) is 2. The molecule has 0 saturated carbocycles. The lowest BCUT2D eigenvalue weighted by Gasteiger charge is -2.33. The number of primary amides is 1. The van der Waals surface area contributed by atoms with E-state index in [1.807, 2.05) is 36.1 Å². The van der Waals surface area contributed by atoms with Gasteiger partial charge >= 0.3 is 0 Å². The quantitative estimate of drug-likeness (QED) is 0.811. The van der Waals surface area contributed by atoms with Gasteiger partial charge in [0.25, 0.3) is 0 Å². The van der Waals surface area contributed by atoms with E-state index >= 15 is 0 Å². The highest BCUT2D eigenvalue weighted by molar-refractivity contribution is 7.80. The van der Waals surface area contributed by atoms with Crippen molar-refractivity contribution in [2.75, 3.05) is 18.4 Å². The van der Waals surface area contributed by atoms with Crippen LogP contribution in [0.2, 0.25) is 0 Å². The first-order chi connectivity index (χ1) is 9.08. The molecule has 0 aliphatic carbocycles. The van der Waals surface area contributed by atoms with Crippen molar-refractivity contribution in [3.8, 4) is 0 Å². The Labute approximate surface area is 119 Å². The highest BCUT2D eigenvalue weighted by Crippen LogP contribution is 2.19. The Kier molecular flexibility index (Phi) is 4.37. The lowest BCUT2D eigenvalue weighted by molar-refractivity contribution is -0.122. The number of aryl methyl sites for hydroxylation is 1. The number of amides is 1. The summed E-state index contributed by atoms with van der Waals surface area (Å²) in [6, 6.07) is 8.00. The van der Waals surface area contributed by atoms with E-state index in [0.717, 1.165) is 30.6 Å². The molecule has 0 unspecified atom stereocenters. The van der Waals surface area contributed by atoms with Gasteiger partial charge in [-0.2, -0.15) is 0 Å². The minimum Gasteiger partial charge on any atom is -0.369 e. The molecule has 1 heterocycles. The number of piperidine rings is 1. The zero-order chi connectivity index (χ0) is 13.8. The predicted octanol–water partition coefficient (Wildman–Crippen LogP) is 1.89. The maximum absolute atomic E-state index is 11.3. The fourth-order valence-corrected chi connectivity index (χ4v) is 2.58. The van der Waals surface area contributed by atoms with Crippen LogP contribution < -0.4 is 11.1 Å². The summed E-state index contributed by atoms with van der Waals surface area (Å²) < 4.78 is 0. The lowest BCUT2D eigenvalue weighted by atomic mass is 9.98. The third kappa shape index (κ3) is 3.44. The number of hydrogen-bond donors (Lipinski definition) is 2. The number of nitrogens with two attached hydrogens (primary N) is 1. The molecule has 3 N–H and O–H groups in total. The largest absolute Gasteiger partial charge is 0.369 e. The van der Waals surface area contributed by atoms with Crippen LogP contribution in [0.25, 0.3) is 0 Å². The van der Waals surface area contributed by atoms with Crippen molar-refractivity contribution in [3.63, 3.8) is 0 Å². The third-order valence-electron chi connectivity index (χ3n) is 3.50. The average Bonchev–Trinajstić information content (AvgIpc) is 2.41. The monoisotopic (exact) mass is 277 g/mol. The van der Waals surface area contributed by atoms with Gasteiger partial charge in [0, 0.05) is 18.8 Å². The summed E-state index contributed by atoms with van der Waals surface area (Å²) in [7, 11) is 0. The SMILES string of the molecule is Cc1ccccc1NC(=S)N1CCC[C@H](C(N)=O)C1. The number of nitrogens with one attached hydrogen (secondary N) is 1. The molecule has 0 bridgehead atoms. The summed E-state index contributed by atoms with van der Waals surface area (Å²) >= 11 is 5.42. The van der Waals surface area contributed by atoms with Gasteiger partial charge in [-0.3, -0.25) is 4.79 Å². The molecule has 0 radical (unpaired) electrons. The van der Waals surface area contributed by atoms with Gasteiger partial charge in [0.2, 0.25) is 5.91 Å². The smallest absolute Gasteiger partial charge is 0.222 e. The summed E-state index contributed by atoms with van der Waals surface area (Å²) in [5, 5.41) is 3.91. The summed E-state index contributed by atoms with van der Waals surface area (Å²) in [6.07, 6.45) is 1.81. The Balaban J connectivity index is 2.00. The first-order valence-corrected chi connectivity index (χ1v) is 6.89. The van der Waals surface area contributed by atoms with Crippen molar-refractivity contribution in [1.29, 1.82) is 0 Å². The van der Waals surface area contributed by atoms with Crippen LogP contribution in [-0.4, -0.2) is 29.0 Å². The molecule has 0 aromatic heterocycles. The lowest BCUT2D eigenvalue weighted by Crippen LogP contribution is -2.45. The molecule has 0 spiro atoms. The minimum absolute atomic E-state index is 0.0922. The number of carbonyl (C=O) groups excluding carboxylic acids is 1. The van der Waals surface area contributed by atoms with Gasteiger partial charge in [0.05, 0.1) is 5.92 Å². The molecule has 102 valence electrons. The van der Waals surface area contributed by atoms with Crippen molar-refractivity contribution in [3.05, 3.63) is 29.8 Å². The second-order valence-electron chi connectivity index (χ2n) is 4.93. The Morgan fingerprint density at radius 2 is 2.21 bits per heavy atom. The highest BCUT2D eigenvalue weighted by Gasteiger charge is 2.25. The van der Waals surface area contributed by atoms with E-state index in [2.05, 4.69) is 5.32 Å². The van der Waals surface area contributed by atoms with E-state index in [1.54, 1.807) is 0 Å². The van der Waals surface area contributed by atoms with E-state index in [-0.39, 0.29) is 11.8 Å². The topological polar surface area (TPSA) is 58.4 Å². The van der Waals surface area contributed by atoms with Crippen molar-refractivity contribution in [2.24, 2.45) is 11.7 Å². The van der Waals surface area contributed by atoms with Gasteiger partial charge in [0.15, 0.2) is 5.11 Å². The van der Waals surface area contributed by atoms with E-state index in [1.165, 1.54) is 0 Å². The van der Waals surface area contributed by atoms with Crippen LogP contribution in [-0.2, 0) is 4.79 Å². The van der Waals surface area contributed by atoms with Crippen LogP contribution in [0.15, 0.2) is 24.3 Å². The molecule has 1 atom stereocenters. The van der Waals surface area contributed by atoms with E-state index < -0.39 is 0 Å². The van der Waals surface area contributed by atoms with Crippen LogP contribution in [0.4, 0.5) is 5.69 Å². The van der Waals surface area contributed by atoms with Crippen LogP contribution in [0.5, 0.6) is 0 Å².